The molecule has 6 heteroatoms. The lowest BCUT2D eigenvalue weighted by Crippen LogP contribution is -2.30. The standard InChI is InChI=1S/C48H68N2O4/c1-3-5-7-9-11-13-15-23-29-45(51)53-43-35-31-41(32-36-43)49-47(39-25-19-17-20-26-39)48(40-27-21-18-22-28-40)50-42-33-37-44(38-34-42)54-46(52)30-24-16-14-12-10-8-6-4-2/h3-4,17-22,25-28,41-44H,1-2,5-16,23-24,29-38H2. The largest absolute Gasteiger partial charge is 0.462 e. The van der Waals surface area contributed by atoms with E-state index < -0.39 is 0 Å². The molecule has 6 nitrogen and oxygen atoms in total. The minimum absolute atomic E-state index is 0.0213. The number of carbonyl (C=O) groups is 2. The Morgan fingerprint density at radius 1 is 0.500 bits per heavy atom. The maximum atomic E-state index is 12.6. The van der Waals surface area contributed by atoms with Crippen molar-refractivity contribution in [2.75, 3.05) is 0 Å². The Hall–Kier alpha value is -3.80. The van der Waals surface area contributed by atoms with Crippen molar-refractivity contribution in [2.24, 2.45) is 9.98 Å². The molecule has 2 aromatic rings. The van der Waals surface area contributed by atoms with Crippen molar-refractivity contribution in [3.05, 3.63) is 97.1 Å². The van der Waals surface area contributed by atoms with Crippen LogP contribution < -0.4 is 0 Å². The van der Waals surface area contributed by atoms with Crippen LogP contribution in [-0.4, -0.2) is 47.7 Å². The first-order valence-electron chi connectivity index (χ1n) is 21.4. The highest BCUT2D eigenvalue weighted by atomic mass is 16.5. The molecule has 0 unspecified atom stereocenters. The van der Waals surface area contributed by atoms with Crippen LogP contribution >= 0.6 is 0 Å². The summed E-state index contributed by atoms with van der Waals surface area (Å²) >= 11 is 0. The second kappa shape index (κ2) is 26.1. The molecule has 0 saturated heterocycles. The first kappa shape index (κ1) is 42.9. The second-order valence-electron chi connectivity index (χ2n) is 15.4. The van der Waals surface area contributed by atoms with Gasteiger partial charge in [0.05, 0.1) is 23.5 Å². The van der Waals surface area contributed by atoms with Crippen LogP contribution in [-0.2, 0) is 19.1 Å². The Labute approximate surface area is 327 Å². The maximum absolute atomic E-state index is 12.6. The number of carbonyl (C=O) groups excluding carboxylic acids is 2. The molecule has 294 valence electrons. The third-order valence-corrected chi connectivity index (χ3v) is 10.9. The van der Waals surface area contributed by atoms with E-state index in [-0.39, 0.29) is 36.2 Å². The van der Waals surface area contributed by atoms with E-state index in [9.17, 15) is 9.59 Å². The van der Waals surface area contributed by atoms with E-state index in [0.29, 0.717) is 12.8 Å². The molecule has 2 aromatic carbocycles. The van der Waals surface area contributed by atoms with Crippen LogP contribution in [0.5, 0.6) is 0 Å². The van der Waals surface area contributed by atoms with Gasteiger partial charge in [-0.05, 0) is 89.9 Å². The molecule has 2 aliphatic carbocycles. The summed E-state index contributed by atoms with van der Waals surface area (Å²) in [4.78, 5) is 36.1. The van der Waals surface area contributed by atoms with Crippen molar-refractivity contribution in [1.29, 1.82) is 0 Å². The number of aliphatic imine (C=N–C) groups is 2. The number of benzene rings is 2. The van der Waals surface area contributed by atoms with Crippen LogP contribution in [0.15, 0.2) is 96.0 Å². The molecule has 2 fully saturated rings. The Balaban J connectivity index is 1.31. The van der Waals surface area contributed by atoms with Crippen LogP contribution in [0.3, 0.4) is 0 Å². The Bertz CT molecular complexity index is 1310. The average Bonchev–Trinajstić information content (AvgIpc) is 3.20. The molecule has 2 saturated carbocycles. The number of allylic oxidation sites excluding steroid dienone is 2. The van der Waals surface area contributed by atoms with Crippen LogP contribution in [0.1, 0.15) is 165 Å². The van der Waals surface area contributed by atoms with E-state index in [1.54, 1.807) is 0 Å². The minimum atomic E-state index is -0.0531. The van der Waals surface area contributed by atoms with Crippen molar-refractivity contribution in [2.45, 2.75) is 178 Å². The molecule has 4 rings (SSSR count). The monoisotopic (exact) mass is 737 g/mol. The molecule has 0 amide bonds. The van der Waals surface area contributed by atoms with Gasteiger partial charge in [-0.2, -0.15) is 0 Å². The SMILES string of the molecule is C=CCCCCCCCCC(=O)OC1CCC(N=C(C(=NC2CCC(OC(=O)CCCCCCCCC=C)CC2)c2ccccc2)c2ccccc2)CC1. The van der Waals surface area contributed by atoms with Gasteiger partial charge in [-0.3, -0.25) is 19.6 Å². The van der Waals surface area contributed by atoms with Crippen LogP contribution in [0.2, 0.25) is 0 Å². The molecule has 0 aromatic heterocycles. The van der Waals surface area contributed by atoms with Gasteiger partial charge in [0.15, 0.2) is 0 Å². The first-order valence-corrected chi connectivity index (χ1v) is 21.4. The number of esters is 2. The van der Waals surface area contributed by atoms with E-state index in [1.807, 2.05) is 24.3 Å². The highest BCUT2D eigenvalue weighted by Crippen LogP contribution is 2.28. The smallest absolute Gasteiger partial charge is 0.306 e. The van der Waals surface area contributed by atoms with Crippen molar-refractivity contribution >= 4 is 23.4 Å². The molecular formula is C48H68N2O4. The summed E-state index contributed by atoms with van der Waals surface area (Å²) in [5, 5.41) is 0. The van der Waals surface area contributed by atoms with Gasteiger partial charge in [0.2, 0.25) is 0 Å². The topological polar surface area (TPSA) is 77.3 Å². The predicted molar refractivity (Wildman–Crippen MR) is 224 cm³/mol. The minimum Gasteiger partial charge on any atom is -0.462 e. The normalized spacial score (nSPS) is 20.6. The zero-order valence-corrected chi connectivity index (χ0v) is 33.1. The molecule has 0 heterocycles. The Kier molecular flexibility index (Phi) is 20.7. The Morgan fingerprint density at radius 2 is 0.833 bits per heavy atom. The number of unbranched alkanes of at least 4 members (excludes halogenated alkanes) is 12. The summed E-state index contributed by atoms with van der Waals surface area (Å²) in [6.45, 7) is 7.58. The fourth-order valence-corrected chi connectivity index (χ4v) is 7.71. The average molecular weight is 737 g/mol. The number of nitrogens with zero attached hydrogens (tertiary/aromatic N) is 2. The van der Waals surface area contributed by atoms with Crippen LogP contribution in [0.25, 0.3) is 0 Å². The molecule has 0 bridgehead atoms. The number of hydrogen-bond donors (Lipinski definition) is 0. The summed E-state index contributed by atoms with van der Waals surface area (Å²) in [5.41, 5.74) is 3.99. The molecule has 54 heavy (non-hydrogen) atoms. The fourth-order valence-electron chi connectivity index (χ4n) is 7.71. The summed E-state index contributed by atoms with van der Waals surface area (Å²) in [6.07, 6.45) is 27.7. The predicted octanol–water partition coefficient (Wildman–Crippen LogP) is 12.3. The summed E-state index contributed by atoms with van der Waals surface area (Å²) in [6, 6.07) is 21.1. The molecular weight excluding hydrogens is 669 g/mol. The molecule has 0 aliphatic heterocycles. The molecule has 0 spiro atoms. The molecule has 0 N–H and O–H groups in total. The van der Waals surface area contributed by atoms with Crippen molar-refractivity contribution in [3.63, 3.8) is 0 Å². The first-order chi connectivity index (χ1) is 26.6. The maximum Gasteiger partial charge on any atom is 0.306 e. The molecule has 2 aliphatic rings. The zero-order valence-electron chi connectivity index (χ0n) is 33.1. The van der Waals surface area contributed by atoms with E-state index in [2.05, 4.69) is 61.7 Å². The van der Waals surface area contributed by atoms with E-state index in [0.717, 1.165) is 112 Å². The quantitative estimate of drug-likeness (QED) is 0.0440. The number of ether oxygens (including phenoxy) is 2. The lowest BCUT2D eigenvalue weighted by molar-refractivity contribution is -0.151. The summed E-state index contributed by atoms with van der Waals surface area (Å²) in [7, 11) is 0. The van der Waals surface area contributed by atoms with Crippen LogP contribution in [0.4, 0.5) is 0 Å². The van der Waals surface area contributed by atoms with Gasteiger partial charge in [0.1, 0.15) is 12.2 Å². The number of hydrogen-bond acceptors (Lipinski definition) is 6. The van der Waals surface area contributed by atoms with Crippen molar-refractivity contribution < 1.29 is 19.1 Å². The summed E-state index contributed by atoms with van der Waals surface area (Å²) < 4.78 is 11.9. The highest BCUT2D eigenvalue weighted by Gasteiger charge is 2.28. The fraction of sp³-hybridized carbons (Fsp3) is 0.583. The Morgan fingerprint density at radius 3 is 1.19 bits per heavy atom. The van der Waals surface area contributed by atoms with Gasteiger partial charge in [-0.1, -0.05) is 124 Å². The lowest BCUT2D eigenvalue weighted by Gasteiger charge is -2.28. The molecule has 0 atom stereocenters. The summed E-state index contributed by atoms with van der Waals surface area (Å²) in [5.74, 6) is -0.106. The van der Waals surface area contributed by atoms with Gasteiger partial charge >= 0.3 is 11.9 Å². The third kappa shape index (κ3) is 16.7. The van der Waals surface area contributed by atoms with E-state index >= 15 is 0 Å². The zero-order chi connectivity index (χ0) is 38.1. The second-order valence-corrected chi connectivity index (χ2v) is 15.4. The van der Waals surface area contributed by atoms with Gasteiger partial charge in [0, 0.05) is 24.0 Å². The van der Waals surface area contributed by atoms with E-state index in [4.69, 9.17) is 19.5 Å². The van der Waals surface area contributed by atoms with Gasteiger partial charge < -0.3 is 9.47 Å². The lowest BCUT2D eigenvalue weighted by atomic mass is 9.91. The molecule has 0 radical (unpaired) electrons. The van der Waals surface area contributed by atoms with Crippen molar-refractivity contribution in [3.8, 4) is 0 Å². The number of rotatable bonds is 25. The van der Waals surface area contributed by atoms with Gasteiger partial charge in [0.25, 0.3) is 0 Å². The van der Waals surface area contributed by atoms with E-state index in [1.165, 1.54) is 51.4 Å². The van der Waals surface area contributed by atoms with Crippen molar-refractivity contribution in [1.82, 2.24) is 0 Å². The highest BCUT2D eigenvalue weighted by molar-refractivity contribution is 6.53. The van der Waals surface area contributed by atoms with Gasteiger partial charge in [-0.25, -0.2) is 0 Å². The third-order valence-electron chi connectivity index (χ3n) is 10.9. The van der Waals surface area contributed by atoms with Crippen LogP contribution in [0, 0.1) is 0 Å². The van der Waals surface area contributed by atoms with Gasteiger partial charge in [-0.15, -0.1) is 13.2 Å².